The zero-order valence-corrected chi connectivity index (χ0v) is 13.9. The molecule has 3 heterocycles. The van der Waals surface area contributed by atoms with E-state index < -0.39 is 0 Å². The minimum atomic E-state index is 0.437. The molecule has 1 N–H and O–H groups in total. The summed E-state index contributed by atoms with van der Waals surface area (Å²) in [5, 5.41) is 4.84. The Kier molecular flexibility index (Phi) is 4.40. The number of piperidine rings is 1. The molecule has 5 heteroatoms. The van der Waals surface area contributed by atoms with Crippen molar-refractivity contribution < 1.29 is 0 Å². The van der Waals surface area contributed by atoms with Crippen molar-refractivity contribution in [1.82, 2.24) is 15.3 Å². The second-order valence-corrected chi connectivity index (χ2v) is 7.40. The molecule has 0 aliphatic carbocycles. The molecule has 1 saturated heterocycles. The quantitative estimate of drug-likeness (QED) is 0.940. The molecule has 0 saturated carbocycles. The summed E-state index contributed by atoms with van der Waals surface area (Å²) < 4.78 is 0. The van der Waals surface area contributed by atoms with Crippen LogP contribution >= 0.6 is 11.3 Å². The van der Waals surface area contributed by atoms with Gasteiger partial charge < -0.3 is 10.2 Å². The molecule has 0 amide bonds. The molecule has 114 valence electrons. The summed E-state index contributed by atoms with van der Waals surface area (Å²) in [4.78, 5) is 13.8. The fourth-order valence-electron chi connectivity index (χ4n) is 3.05. The molecule has 0 bridgehead atoms. The summed E-state index contributed by atoms with van der Waals surface area (Å²) in [6, 6.07) is 3.23. The van der Waals surface area contributed by atoms with Crippen molar-refractivity contribution in [3.05, 3.63) is 17.3 Å². The van der Waals surface area contributed by atoms with Gasteiger partial charge >= 0.3 is 0 Å². The Hall–Kier alpha value is -1.20. The number of aromatic nitrogens is 2. The number of thiophene rings is 1. The Morgan fingerprint density at radius 3 is 2.95 bits per heavy atom. The summed E-state index contributed by atoms with van der Waals surface area (Å²) in [5.41, 5.74) is 0. The van der Waals surface area contributed by atoms with Gasteiger partial charge in [-0.05, 0) is 46.2 Å². The van der Waals surface area contributed by atoms with Gasteiger partial charge in [0.25, 0.3) is 0 Å². The summed E-state index contributed by atoms with van der Waals surface area (Å²) in [7, 11) is 0. The predicted octanol–water partition coefficient (Wildman–Crippen LogP) is 3.36. The average Bonchev–Trinajstić information content (AvgIpc) is 2.86. The number of aryl methyl sites for hydroxylation is 1. The van der Waals surface area contributed by atoms with Crippen molar-refractivity contribution in [2.75, 3.05) is 18.0 Å². The highest BCUT2D eigenvalue weighted by atomic mass is 32.1. The molecular formula is C16H24N4S. The van der Waals surface area contributed by atoms with Gasteiger partial charge in [0.15, 0.2) is 0 Å². The van der Waals surface area contributed by atoms with Crippen molar-refractivity contribution in [3.63, 3.8) is 0 Å². The van der Waals surface area contributed by atoms with Crippen molar-refractivity contribution in [1.29, 1.82) is 0 Å². The van der Waals surface area contributed by atoms with Crippen LogP contribution in [-0.4, -0.2) is 35.1 Å². The molecule has 1 atom stereocenters. The van der Waals surface area contributed by atoms with E-state index in [0.717, 1.165) is 23.7 Å². The van der Waals surface area contributed by atoms with E-state index in [1.54, 1.807) is 17.7 Å². The van der Waals surface area contributed by atoms with E-state index in [1.807, 2.05) is 0 Å². The van der Waals surface area contributed by atoms with E-state index >= 15 is 0 Å². The Balaban J connectivity index is 1.91. The molecule has 2 aromatic heterocycles. The van der Waals surface area contributed by atoms with Crippen molar-refractivity contribution >= 4 is 27.4 Å². The minimum absolute atomic E-state index is 0.437. The second-order valence-electron chi connectivity index (χ2n) is 6.17. The second kappa shape index (κ2) is 6.28. The zero-order valence-electron chi connectivity index (χ0n) is 13.1. The number of hydrogen-bond donors (Lipinski definition) is 1. The topological polar surface area (TPSA) is 41.0 Å². The van der Waals surface area contributed by atoms with Crippen LogP contribution in [0.25, 0.3) is 10.2 Å². The first-order valence-electron chi connectivity index (χ1n) is 7.86. The van der Waals surface area contributed by atoms with Crippen LogP contribution in [0.4, 0.5) is 5.82 Å². The lowest BCUT2D eigenvalue weighted by atomic mass is 10.0. The standard InChI is InChI=1S/C16H24N4S/c1-11(2)20(9-13-6-4-5-7-17-13)15-14-8-12(3)21-16(14)19-10-18-15/h8,10-11,13,17H,4-7,9H2,1-3H3. The summed E-state index contributed by atoms with van der Waals surface area (Å²) in [5.74, 6) is 1.09. The number of anilines is 1. The van der Waals surface area contributed by atoms with Crippen LogP contribution in [0.5, 0.6) is 0 Å². The lowest BCUT2D eigenvalue weighted by Crippen LogP contribution is -2.46. The molecule has 1 fully saturated rings. The van der Waals surface area contributed by atoms with E-state index in [4.69, 9.17) is 0 Å². The van der Waals surface area contributed by atoms with E-state index in [0.29, 0.717) is 12.1 Å². The van der Waals surface area contributed by atoms with Gasteiger partial charge in [0.05, 0.1) is 5.39 Å². The highest BCUT2D eigenvalue weighted by Gasteiger charge is 2.22. The van der Waals surface area contributed by atoms with E-state index in [1.165, 1.54) is 29.5 Å². The molecule has 1 aliphatic heterocycles. The molecule has 0 radical (unpaired) electrons. The predicted molar refractivity (Wildman–Crippen MR) is 90.3 cm³/mol. The first-order chi connectivity index (χ1) is 10.1. The minimum Gasteiger partial charge on any atom is -0.352 e. The van der Waals surface area contributed by atoms with E-state index in [9.17, 15) is 0 Å². The molecule has 1 unspecified atom stereocenters. The third-order valence-corrected chi connectivity index (χ3v) is 5.11. The van der Waals surface area contributed by atoms with Gasteiger partial charge in [0.1, 0.15) is 17.0 Å². The lowest BCUT2D eigenvalue weighted by molar-refractivity contribution is 0.393. The van der Waals surface area contributed by atoms with Gasteiger partial charge in [-0.3, -0.25) is 0 Å². The Morgan fingerprint density at radius 2 is 2.24 bits per heavy atom. The maximum atomic E-state index is 4.60. The summed E-state index contributed by atoms with van der Waals surface area (Å²) in [6.45, 7) is 8.80. The van der Waals surface area contributed by atoms with Crippen molar-refractivity contribution in [3.8, 4) is 0 Å². The molecule has 4 nitrogen and oxygen atoms in total. The van der Waals surface area contributed by atoms with Gasteiger partial charge in [-0.2, -0.15) is 0 Å². The first-order valence-corrected chi connectivity index (χ1v) is 8.68. The first kappa shape index (κ1) is 14.7. The van der Waals surface area contributed by atoms with Gasteiger partial charge in [0, 0.05) is 23.5 Å². The van der Waals surface area contributed by atoms with Gasteiger partial charge in [-0.25, -0.2) is 9.97 Å². The normalized spacial score (nSPS) is 19.3. The molecule has 3 rings (SSSR count). The molecule has 21 heavy (non-hydrogen) atoms. The smallest absolute Gasteiger partial charge is 0.141 e. The largest absolute Gasteiger partial charge is 0.352 e. The van der Waals surface area contributed by atoms with Gasteiger partial charge in [-0.15, -0.1) is 11.3 Å². The Morgan fingerprint density at radius 1 is 1.38 bits per heavy atom. The molecule has 0 aromatic carbocycles. The zero-order chi connectivity index (χ0) is 14.8. The highest BCUT2D eigenvalue weighted by molar-refractivity contribution is 7.18. The number of nitrogens with zero attached hydrogens (tertiary/aromatic N) is 3. The third kappa shape index (κ3) is 3.19. The molecule has 0 spiro atoms. The van der Waals surface area contributed by atoms with E-state index in [-0.39, 0.29) is 0 Å². The lowest BCUT2D eigenvalue weighted by Gasteiger charge is -2.34. The fraction of sp³-hybridized carbons (Fsp3) is 0.625. The maximum absolute atomic E-state index is 4.60. The fourth-order valence-corrected chi connectivity index (χ4v) is 3.89. The summed E-state index contributed by atoms with van der Waals surface area (Å²) >= 11 is 1.75. The van der Waals surface area contributed by atoms with Crippen LogP contribution in [0.2, 0.25) is 0 Å². The van der Waals surface area contributed by atoms with Crippen LogP contribution in [-0.2, 0) is 0 Å². The monoisotopic (exact) mass is 304 g/mol. The number of fused-ring (bicyclic) bond motifs is 1. The van der Waals surface area contributed by atoms with Crippen molar-refractivity contribution in [2.24, 2.45) is 0 Å². The SMILES string of the molecule is Cc1cc2c(N(CC3CCCCN3)C(C)C)ncnc2s1. The van der Waals surface area contributed by atoms with Crippen LogP contribution in [0.1, 0.15) is 38.0 Å². The summed E-state index contributed by atoms with van der Waals surface area (Å²) in [6.07, 6.45) is 5.61. The van der Waals surface area contributed by atoms with E-state index in [2.05, 4.69) is 47.0 Å². The number of rotatable bonds is 4. The van der Waals surface area contributed by atoms with Crippen LogP contribution in [0, 0.1) is 6.92 Å². The van der Waals surface area contributed by atoms with Crippen LogP contribution in [0.3, 0.4) is 0 Å². The van der Waals surface area contributed by atoms with Crippen LogP contribution < -0.4 is 10.2 Å². The maximum Gasteiger partial charge on any atom is 0.141 e. The molecule has 1 aliphatic rings. The van der Waals surface area contributed by atoms with Crippen molar-refractivity contribution in [2.45, 2.75) is 52.1 Å². The highest BCUT2D eigenvalue weighted by Crippen LogP contribution is 2.31. The molecular weight excluding hydrogens is 280 g/mol. The third-order valence-electron chi connectivity index (χ3n) is 4.16. The molecule has 2 aromatic rings. The van der Waals surface area contributed by atoms with Gasteiger partial charge in [0.2, 0.25) is 0 Å². The number of hydrogen-bond acceptors (Lipinski definition) is 5. The average molecular weight is 304 g/mol. The number of nitrogens with one attached hydrogen (secondary N) is 1. The van der Waals surface area contributed by atoms with Gasteiger partial charge in [-0.1, -0.05) is 6.42 Å². The van der Waals surface area contributed by atoms with Crippen LogP contribution in [0.15, 0.2) is 12.4 Å². The Labute approximate surface area is 130 Å². The Bertz CT molecular complexity index is 601.